The Morgan fingerprint density at radius 1 is 1.11 bits per heavy atom. The third-order valence-electron chi connectivity index (χ3n) is 3.61. The van der Waals surface area contributed by atoms with E-state index in [2.05, 4.69) is 55.3 Å². The molecule has 2 heteroatoms. The van der Waals surface area contributed by atoms with Crippen molar-refractivity contribution in [1.29, 1.82) is 0 Å². The van der Waals surface area contributed by atoms with E-state index in [9.17, 15) is 0 Å². The maximum Gasteiger partial charge on any atom is 0.109 e. The van der Waals surface area contributed by atoms with Crippen molar-refractivity contribution in [2.75, 3.05) is 11.9 Å². The molecule has 0 unspecified atom stereocenters. The van der Waals surface area contributed by atoms with Crippen LogP contribution in [0.25, 0.3) is 10.8 Å². The highest BCUT2D eigenvalue weighted by Gasteiger charge is 2.18. The van der Waals surface area contributed by atoms with Gasteiger partial charge in [0.1, 0.15) is 5.84 Å². The average molecular weight is 238 g/mol. The molecule has 18 heavy (non-hydrogen) atoms. The minimum atomic E-state index is 1.05. The molecule has 3 rings (SSSR count). The van der Waals surface area contributed by atoms with Crippen LogP contribution in [0.4, 0.5) is 11.4 Å². The van der Waals surface area contributed by atoms with Gasteiger partial charge in [-0.15, -0.1) is 0 Å². The predicted molar refractivity (Wildman–Crippen MR) is 79.0 cm³/mol. The summed E-state index contributed by atoms with van der Waals surface area (Å²) in [4.78, 5) is 7.07. The first kappa shape index (κ1) is 11.3. The normalized spacial score (nSPS) is 13.9. The second-order valence-corrected chi connectivity index (χ2v) is 4.84. The molecule has 0 atom stereocenters. The fourth-order valence-electron chi connectivity index (χ4n) is 2.59. The summed E-state index contributed by atoms with van der Waals surface area (Å²) in [6.45, 7) is 2.22. The second-order valence-electron chi connectivity index (χ2n) is 4.84. The Bertz CT molecular complexity index is 608. The van der Waals surface area contributed by atoms with Gasteiger partial charge >= 0.3 is 0 Å². The van der Waals surface area contributed by atoms with Gasteiger partial charge in [-0.2, -0.15) is 0 Å². The van der Waals surface area contributed by atoms with Crippen LogP contribution < -0.4 is 4.90 Å². The van der Waals surface area contributed by atoms with Crippen molar-refractivity contribution in [3.05, 3.63) is 36.4 Å². The standard InChI is InChI=1S/C16H18N2/c1-3-4-11-15-17-13-9-5-7-12-8-6-10-14(16(12)13)18(15)2/h5-10H,3-4,11H2,1-2H3. The van der Waals surface area contributed by atoms with E-state index in [1.807, 2.05) is 0 Å². The monoisotopic (exact) mass is 238 g/mol. The van der Waals surface area contributed by atoms with Crippen LogP contribution in [0, 0.1) is 0 Å². The topological polar surface area (TPSA) is 15.6 Å². The van der Waals surface area contributed by atoms with Crippen LogP contribution in [0.1, 0.15) is 26.2 Å². The first-order valence-corrected chi connectivity index (χ1v) is 6.64. The molecule has 2 nitrogen and oxygen atoms in total. The molecule has 0 radical (unpaired) electrons. The maximum atomic E-state index is 4.82. The first-order chi connectivity index (χ1) is 8.81. The molecule has 2 aromatic rings. The molecule has 0 bridgehead atoms. The fourth-order valence-corrected chi connectivity index (χ4v) is 2.59. The summed E-state index contributed by atoms with van der Waals surface area (Å²) in [7, 11) is 2.12. The minimum Gasteiger partial charge on any atom is -0.332 e. The highest BCUT2D eigenvalue weighted by atomic mass is 15.2. The van der Waals surface area contributed by atoms with Gasteiger partial charge in [0, 0.05) is 18.9 Å². The third-order valence-corrected chi connectivity index (χ3v) is 3.61. The quantitative estimate of drug-likeness (QED) is 0.768. The van der Waals surface area contributed by atoms with Gasteiger partial charge < -0.3 is 4.90 Å². The van der Waals surface area contributed by atoms with Gasteiger partial charge in [0.15, 0.2) is 0 Å². The molecular formula is C16H18N2. The molecular weight excluding hydrogens is 220 g/mol. The first-order valence-electron chi connectivity index (χ1n) is 6.64. The number of anilines is 1. The van der Waals surface area contributed by atoms with Crippen LogP contribution in [0.3, 0.4) is 0 Å². The lowest BCUT2D eigenvalue weighted by atomic mass is 10.0. The van der Waals surface area contributed by atoms with E-state index in [0.29, 0.717) is 0 Å². The van der Waals surface area contributed by atoms with Crippen LogP contribution >= 0.6 is 0 Å². The molecule has 92 valence electrons. The Balaban J connectivity index is 2.16. The van der Waals surface area contributed by atoms with Gasteiger partial charge in [-0.05, 0) is 23.9 Å². The van der Waals surface area contributed by atoms with E-state index in [1.165, 1.54) is 35.1 Å². The lowest BCUT2D eigenvalue weighted by Crippen LogP contribution is -2.28. The summed E-state index contributed by atoms with van der Waals surface area (Å²) >= 11 is 0. The lowest BCUT2D eigenvalue weighted by molar-refractivity contribution is 0.826. The molecule has 1 heterocycles. The van der Waals surface area contributed by atoms with Crippen LogP contribution in [-0.2, 0) is 0 Å². The van der Waals surface area contributed by atoms with E-state index >= 15 is 0 Å². The fraction of sp³-hybridized carbons (Fsp3) is 0.312. The largest absolute Gasteiger partial charge is 0.332 e. The number of hydrogen-bond donors (Lipinski definition) is 0. The molecule has 0 N–H and O–H groups in total. The van der Waals surface area contributed by atoms with Crippen molar-refractivity contribution in [2.24, 2.45) is 4.99 Å². The second kappa shape index (κ2) is 4.45. The van der Waals surface area contributed by atoms with E-state index < -0.39 is 0 Å². The van der Waals surface area contributed by atoms with Crippen molar-refractivity contribution >= 4 is 28.0 Å². The summed E-state index contributed by atoms with van der Waals surface area (Å²) in [6.07, 6.45) is 3.46. The molecule has 0 fully saturated rings. The SMILES string of the molecule is CCCCC1=Nc2cccc3cccc(c23)N1C. The number of aliphatic imine (C=N–C) groups is 1. The van der Waals surface area contributed by atoms with Crippen LogP contribution in [0.15, 0.2) is 41.4 Å². The smallest absolute Gasteiger partial charge is 0.109 e. The Morgan fingerprint density at radius 2 is 1.89 bits per heavy atom. The third kappa shape index (κ3) is 1.69. The Labute approximate surface area is 108 Å². The Morgan fingerprint density at radius 3 is 2.67 bits per heavy atom. The Hall–Kier alpha value is -1.83. The molecule has 0 spiro atoms. The summed E-state index contributed by atoms with van der Waals surface area (Å²) in [6, 6.07) is 12.8. The number of benzene rings is 2. The van der Waals surface area contributed by atoms with Gasteiger partial charge in [-0.3, -0.25) is 0 Å². The molecule has 1 aliphatic heterocycles. The number of hydrogen-bond acceptors (Lipinski definition) is 2. The number of unbranched alkanes of at least 4 members (excludes halogenated alkanes) is 1. The minimum absolute atomic E-state index is 1.05. The highest BCUT2D eigenvalue weighted by molar-refractivity contribution is 6.14. The predicted octanol–water partition coefficient (Wildman–Crippen LogP) is 4.51. The van der Waals surface area contributed by atoms with Gasteiger partial charge in [0.25, 0.3) is 0 Å². The zero-order chi connectivity index (χ0) is 12.5. The zero-order valence-corrected chi connectivity index (χ0v) is 11.0. The average Bonchev–Trinajstić information content (AvgIpc) is 2.41. The molecule has 1 aliphatic rings. The van der Waals surface area contributed by atoms with E-state index in [-0.39, 0.29) is 0 Å². The molecule has 2 aromatic carbocycles. The summed E-state index contributed by atoms with van der Waals surface area (Å²) in [5.41, 5.74) is 2.40. The van der Waals surface area contributed by atoms with Gasteiger partial charge in [-0.1, -0.05) is 37.6 Å². The Kier molecular flexibility index (Phi) is 2.78. The molecule has 0 amide bonds. The van der Waals surface area contributed by atoms with Gasteiger partial charge in [0.05, 0.1) is 11.4 Å². The summed E-state index contributed by atoms with van der Waals surface area (Å²) in [5.74, 6) is 1.18. The van der Waals surface area contributed by atoms with Gasteiger partial charge in [-0.25, -0.2) is 4.99 Å². The van der Waals surface area contributed by atoms with Crippen LogP contribution in [-0.4, -0.2) is 12.9 Å². The van der Waals surface area contributed by atoms with Crippen molar-refractivity contribution in [2.45, 2.75) is 26.2 Å². The van der Waals surface area contributed by atoms with E-state index in [1.54, 1.807) is 0 Å². The van der Waals surface area contributed by atoms with Crippen molar-refractivity contribution in [3.63, 3.8) is 0 Å². The van der Waals surface area contributed by atoms with Crippen molar-refractivity contribution in [1.82, 2.24) is 0 Å². The van der Waals surface area contributed by atoms with E-state index in [0.717, 1.165) is 12.1 Å². The number of nitrogens with zero attached hydrogens (tertiary/aromatic N) is 2. The highest BCUT2D eigenvalue weighted by Crippen LogP contribution is 2.38. The molecule has 0 saturated carbocycles. The summed E-state index contributed by atoms with van der Waals surface area (Å²) < 4.78 is 0. The number of amidine groups is 1. The molecule has 0 aromatic heterocycles. The maximum absolute atomic E-state index is 4.82. The van der Waals surface area contributed by atoms with Crippen molar-refractivity contribution < 1.29 is 0 Å². The summed E-state index contributed by atoms with van der Waals surface area (Å²) in [5, 5.41) is 2.55. The number of rotatable bonds is 3. The lowest BCUT2D eigenvalue weighted by Gasteiger charge is -2.27. The molecule has 0 saturated heterocycles. The van der Waals surface area contributed by atoms with Gasteiger partial charge in [0.2, 0.25) is 0 Å². The zero-order valence-electron chi connectivity index (χ0n) is 11.0. The van der Waals surface area contributed by atoms with Crippen molar-refractivity contribution in [3.8, 4) is 0 Å². The van der Waals surface area contributed by atoms with Crippen LogP contribution in [0.2, 0.25) is 0 Å². The van der Waals surface area contributed by atoms with E-state index in [4.69, 9.17) is 4.99 Å². The van der Waals surface area contributed by atoms with Crippen LogP contribution in [0.5, 0.6) is 0 Å². The molecule has 0 aliphatic carbocycles.